The fourth-order valence-corrected chi connectivity index (χ4v) is 2.26. The van der Waals surface area contributed by atoms with Crippen LogP contribution in [0.3, 0.4) is 0 Å². The molecule has 2 rings (SSSR count). The molecule has 21 heavy (non-hydrogen) atoms. The third-order valence-electron chi connectivity index (χ3n) is 2.89. The number of fused-ring (bicyclic) bond motifs is 1. The number of nitrogens with zero attached hydrogens (tertiary/aromatic N) is 1. The van der Waals surface area contributed by atoms with E-state index in [9.17, 15) is 22.8 Å². The van der Waals surface area contributed by atoms with E-state index in [2.05, 4.69) is 0 Å². The molecule has 1 aliphatic rings. The summed E-state index contributed by atoms with van der Waals surface area (Å²) in [7, 11) is -4.30. The zero-order valence-corrected chi connectivity index (χ0v) is 11.6. The summed E-state index contributed by atoms with van der Waals surface area (Å²) in [5.41, 5.74) is 0.557. The van der Waals surface area contributed by atoms with Crippen LogP contribution < -0.4 is 5.32 Å². The molecule has 3 amide bonds. The highest BCUT2D eigenvalue weighted by atomic mass is 32.2. The standard InChI is InChI=1S/C12H12N2O6S/c15-10(13-7-21(18,19)20)5-6-14-11(16)8-3-1-2-4-9(8)12(14)17/h1-4H,5-7H2,(H,13,15)(H,18,19,20). The predicted octanol–water partition coefficient (Wildman–Crippen LogP) is -0.366. The van der Waals surface area contributed by atoms with Crippen LogP contribution in [-0.4, -0.2) is 48.0 Å². The SMILES string of the molecule is O=C(CCN1C(=O)c2ccccc2C1=O)NCS(=O)(=O)O. The van der Waals surface area contributed by atoms with Crippen LogP contribution in [0.4, 0.5) is 0 Å². The number of rotatable bonds is 5. The Balaban J connectivity index is 1.95. The minimum atomic E-state index is -4.30. The molecule has 0 unspecified atom stereocenters. The molecular weight excluding hydrogens is 300 g/mol. The molecule has 0 atom stereocenters. The van der Waals surface area contributed by atoms with E-state index in [-0.39, 0.29) is 24.1 Å². The van der Waals surface area contributed by atoms with Crippen LogP contribution in [0, 0.1) is 0 Å². The number of nitrogens with one attached hydrogen (secondary N) is 1. The van der Waals surface area contributed by atoms with Crippen molar-refractivity contribution in [2.75, 3.05) is 12.4 Å². The van der Waals surface area contributed by atoms with Gasteiger partial charge in [-0.3, -0.25) is 23.8 Å². The second-order valence-electron chi connectivity index (χ2n) is 4.38. The van der Waals surface area contributed by atoms with Gasteiger partial charge in [0.1, 0.15) is 5.88 Å². The van der Waals surface area contributed by atoms with Gasteiger partial charge >= 0.3 is 0 Å². The molecule has 1 aromatic carbocycles. The zero-order chi connectivity index (χ0) is 15.6. The molecule has 9 heteroatoms. The molecule has 0 aromatic heterocycles. The maximum atomic E-state index is 12.0. The molecule has 0 saturated carbocycles. The summed E-state index contributed by atoms with van der Waals surface area (Å²) >= 11 is 0. The smallest absolute Gasteiger partial charge is 0.283 e. The zero-order valence-electron chi connectivity index (χ0n) is 10.8. The molecule has 8 nitrogen and oxygen atoms in total. The summed E-state index contributed by atoms with van der Waals surface area (Å²) in [6, 6.07) is 6.31. The van der Waals surface area contributed by atoms with Gasteiger partial charge in [-0.25, -0.2) is 0 Å². The molecule has 0 spiro atoms. The molecular formula is C12H12N2O6S. The van der Waals surface area contributed by atoms with E-state index in [1.165, 1.54) is 12.1 Å². The first-order valence-corrected chi connectivity index (χ1v) is 7.57. The molecule has 1 aliphatic heterocycles. The van der Waals surface area contributed by atoms with Gasteiger partial charge in [0.25, 0.3) is 21.9 Å². The summed E-state index contributed by atoms with van der Waals surface area (Å²) in [6.45, 7) is -0.163. The van der Waals surface area contributed by atoms with Gasteiger partial charge < -0.3 is 5.32 Å². The number of imide groups is 1. The van der Waals surface area contributed by atoms with Crippen molar-refractivity contribution in [2.45, 2.75) is 6.42 Å². The van der Waals surface area contributed by atoms with Gasteiger partial charge in [0.2, 0.25) is 5.91 Å². The molecule has 0 radical (unpaired) electrons. The second kappa shape index (κ2) is 5.62. The Morgan fingerprint density at radius 1 is 1.14 bits per heavy atom. The summed E-state index contributed by atoms with van der Waals surface area (Å²) in [5.74, 6) is -2.57. The highest BCUT2D eigenvalue weighted by Gasteiger charge is 2.34. The maximum absolute atomic E-state index is 12.0. The second-order valence-corrected chi connectivity index (χ2v) is 5.84. The summed E-state index contributed by atoms with van der Waals surface area (Å²) < 4.78 is 29.4. The van der Waals surface area contributed by atoms with Gasteiger partial charge in [-0.2, -0.15) is 8.42 Å². The molecule has 0 bridgehead atoms. The third-order valence-corrected chi connectivity index (χ3v) is 3.40. The van der Waals surface area contributed by atoms with E-state index in [1.807, 2.05) is 5.32 Å². The van der Waals surface area contributed by atoms with Crippen molar-refractivity contribution >= 4 is 27.8 Å². The average Bonchev–Trinajstić information content (AvgIpc) is 2.67. The van der Waals surface area contributed by atoms with E-state index >= 15 is 0 Å². The van der Waals surface area contributed by atoms with E-state index in [0.717, 1.165) is 4.90 Å². The van der Waals surface area contributed by atoms with Gasteiger partial charge in [-0.1, -0.05) is 12.1 Å². The normalized spacial score (nSPS) is 14.2. The lowest BCUT2D eigenvalue weighted by Crippen LogP contribution is -2.36. The first kappa shape index (κ1) is 15.1. The Morgan fingerprint density at radius 3 is 2.14 bits per heavy atom. The van der Waals surface area contributed by atoms with Crippen LogP contribution in [0.25, 0.3) is 0 Å². The van der Waals surface area contributed by atoms with E-state index in [1.54, 1.807) is 12.1 Å². The third kappa shape index (κ3) is 3.44. The highest BCUT2D eigenvalue weighted by Crippen LogP contribution is 2.22. The fraction of sp³-hybridized carbons (Fsp3) is 0.250. The number of benzene rings is 1. The molecule has 0 aliphatic carbocycles. The Labute approximate surface area is 120 Å². The van der Waals surface area contributed by atoms with Crippen LogP contribution in [0.2, 0.25) is 0 Å². The summed E-state index contributed by atoms with van der Waals surface area (Å²) in [4.78, 5) is 36.3. The molecule has 112 valence electrons. The fourth-order valence-electron chi connectivity index (χ4n) is 1.92. The maximum Gasteiger partial charge on any atom is 0.283 e. The van der Waals surface area contributed by atoms with Crippen molar-refractivity contribution in [3.63, 3.8) is 0 Å². The van der Waals surface area contributed by atoms with Crippen LogP contribution in [0.1, 0.15) is 27.1 Å². The van der Waals surface area contributed by atoms with Crippen LogP contribution in [0.5, 0.6) is 0 Å². The minimum Gasteiger partial charge on any atom is -0.340 e. The van der Waals surface area contributed by atoms with Gasteiger partial charge in [0.15, 0.2) is 0 Å². The molecule has 2 N–H and O–H groups in total. The summed E-state index contributed by atoms with van der Waals surface area (Å²) in [6.07, 6.45) is -0.249. The Hall–Kier alpha value is -2.26. The summed E-state index contributed by atoms with van der Waals surface area (Å²) in [5, 5.41) is 1.97. The first-order valence-electron chi connectivity index (χ1n) is 5.96. The van der Waals surface area contributed by atoms with Gasteiger partial charge in [0, 0.05) is 13.0 Å². The largest absolute Gasteiger partial charge is 0.340 e. The van der Waals surface area contributed by atoms with Gasteiger partial charge in [-0.05, 0) is 12.1 Å². The Bertz CT molecular complexity index is 677. The van der Waals surface area contributed by atoms with Crippen molar-refractivity contribution in [3.8, 4) is 0 Å². The lowest BCUT2D eigenvalue weighted by atomic mass is 10.1. The molecule has 0 fully saturated rings. The lowest BCUT2D eigenvalue weighted by Gasteiger charge is -2.13. The first-order chi connectivity index (χ1) is 9.79. The Morgan fingerprint density at radius 2 is 1.67 bits per heavy atom. The van der Waals surface area contributed by atoms with Crippen molar-refractivity contribution in [2.24, 2.45) is 0 Å². The molecule has 1 aromatic rings. The minimum absolute atomic E-state index is 0.163. The number of carbonyl (C=O) groups excluding carboxylic acids is 3. The monoisotopic (exact) mass is 312 g/mol. The Kier molecular flexibility index (Phi) is 4.05. The van der Waals surface area contributed by atoms with Gasteiger partial charge in [0.05, 0.1) is 11.1 Å². The van der Waals surface area contributed by atoms with Crippen molar-refractivity contribution in [1.29, 1.82) is 0 Å². The topological polar surface area (TPSA) is 121 Å². The predicted molar refractivity (Wildman–Crippen MR) is 71.0 cm³/mol. The van der Waals surface area contributed by atoms with E-state index in [0.29, 0.717) is 0 Å². The van der Waals surface area contributed by atoms with E-state index in [4.69, 9.17) is 4.55 Å². The van der Waals surface area contributed by atoms with Crippen LogP contribution in [0.15, 0.2) is 24.3 Å². The quantitative estimate of drug-likeness (QED) is 0.565. The van der Waals surface area contributed by atoms with Crippen molar-refractivity contribution in [3.05, 3.63) is 35.4 Å². The lowest BCUT2D eigenvalue weighted by molar-refractivity contribution is -0.120. The van der Waals surface area contributed by atoms with Crippen molar-refractivity contribution < 1.29 is 27.4 Å². The molecule has 1 heterocycles. The highest BCUT2D eigenvalue weighted by molar-refractivity contribution is 7.85. The average molecular weight is 312 g/mol. The number of amides is 3. The van der Waals surface area contributed by atoms with Crippen LogP contribution in [-0.2, 0) is 14.9 Å². The van der Waals surface area contributed by atoms with E-state index < -0.39 is 33.7 Å². The molecule has 0 saturated heterocycles. The number of hydrogen-bond donors (Lipinski definition) is 2. The van der Waals surface area contributed by atoms with Crippen LogP contribution >= 0.6 is 0 Å². The van der Waals surface area contributed by atoms with Gasteiger partial charge in [-0.15, -0.1) is 0 Å². The van der Waals surface area contributed by atoms with Crippen molar-refractivity contribution in [1.82, 2.24) is 10.2 Å². The number of hydrogen-bond acceptors (Lipinski definition) is 5. The number of carbonyl (C=O) groups is 3.